The Labute approximate surface area is 106 Å². The lowest BCUT2D eigenvalue weighted by atomic mass is 10.1. The van der Waals surface area contributed by atoms with Gasteiger partial charge in [-0.1, -0.05) is 24.3 Å². The predicted octanol–water partition coefficient (Wildman–Crippen LogP) is 2.11. The highest BCUT2D eigenvalue weighted by Gasteiger charge is 2.27. The lowest BCUT2D eigenvalue weighted by Crippen LogP contribution is -2.36. The van der Waals surface area contributed by atoms with Crippen molar-refractivity contribution in [3.63, 3.8) is 0 Å². The van der Waals surface area contributed by atoms with Crippen molar-refractivity contribution in [1.29, 1.82) is 5.41 Å². The maximum atomic E-state index is 8.25. The number of rotatable bonds is 3. The van der Waals surface area contributed by atoms with E-state index in [1.165, 1.54) is 5.56 Å². The van der Waals surface area contributed by atoms with E-state index in [2.05, 4.69) is 27.4 Å². The fourth-order valence-corrected chi connectivity index (χ4v) is 2.48. The van der Waals surface area contributed by atoms with Crippen LogP contribution in [0.15, 0.2) is 43.0 Å². The zero-order valence-corrected chi connectivity index (χ0v) is 10.4. The van der Waals surface area contributed by atoms with Gasteiger partial charge in [-0.15, -0.1) is 0 Å². The van der Waals surface area contributed by atoms with Crippen LogP contribution in [0.4, 0.5) is 0 Å². The van der Waals surface area contributed by atoms with E-state index in [0.717, 1.165) is 18.7 Å². The second kappa shape index (κ2) is 4.29. The van der Waals surface area contributed by atoms with Crippen molar-refractivity contribution < 1.29 is 0 Å². The number of imidazole rings is 1. The molecule has 0 bridgehead atoms. The summed E-state index contributed by atoms with van der Waals surface area (Å²) in [6.07, 6.45) is 5.57. The molecule has 18 heavy (non-hydrogen) atoms. The number of fused-ring (bicyclic) bond motifs is 1. The van der Waals surface area contributed by atoms with Crippen molar-refractivity contribution in [2.24, 2.45) is 0 Å². The summed E-state index contributed by atoms with van der Waals surface area (Å²) in [5.74, 6) is 0.637. The molecule has 2 heterocycles. The van der Waals surface area contributed by atoms with Crippen LogP contribution in [0.25, 0.3) is 0 Å². The van der Waals surface area contributed by atoms with E-state index in [0.29, 0.717) is 11.9 Å². The van der Waals surface area contributed by atoms with E-state index in [4.69, 9.17) is 5.41 Å². The van der Waals surface area contributed by atoms with Crippen LogP contribution in [-0.2, 0) is 13.1 Å². The van der Waals surface area contributed by atoms with Crippen molar-refractivity contribution in [1.82, 2.24) is 14.5 Å². The zero-order valence-electron chi connectivity index (χ0n) is 10.4. The molecule has 1 aliphatic rings. The molecular weight excluding hydrogens is 224 g/mol. The van der Waals surface area contributed by atoms with Crippen molar-refractivity contribution >= 4 is 5.84 Å². The molecule has 1 N–H and O–H groups in total. The molecular formula is C14H16N4. The van der Waals surface area contributed by atoms with E-state index in [-0.39, 0.29) is 0 Å². The number of hydrogen-bond acceptors (Lipinski definition) is 2. The van der Waals surface area contributed by atoms with Gasteiger partial charge in [0.05, 0.1) is 6.33 Å². The molecule has 1 unspecified atom stereocenters. The monoisotopic (exact) mass is 240 g/mol. The van der Waals surface area contributed by atoms with Crippen molar-refractivity contribution in [2.75, 3.05) is 0 Å². The first kappa shape index (κ1) is 11.0. The third kappa shape index (κ3) is 1.79. The lowest BCUT2D eigenvalue weighted by molar-refractivity contribution is 0.302. The molecule has 3 rings (SSSR count). The Morgan fingerprint density at radius 1 is 1.39 bits per heavy atom. The molecule has 1 aliphatic heterocycles. The number of nitrogens with one attached hydrogen (secondary N) is 1. The predicted molar refractivity (Wildman–Crippen MR) is 70.5 cm³/mol. The van der Waals surface area contributed by atoms with E-state index in [1.807, 2.05) is 30.7 Å². The van der Waals surface area contributed by atoms with Gasteiger partial charge in [0.25, 0.3) is 0 Å². The van der Waals surface area contributed by atoms with Gasteiger partial charge >= 0.3 is 0 Å². The third-order valence-corrected chi connectivity index (χ3v) is 3.47. The van der Waals surface area contributed by atoms with E-state index >= 15 is 0 Å². The highest BCUT2D eigenvalue weighted by Crippen LogP contribution is 2.24. The van der Waals surface area contributed by atoms with Gasteiger partial charge in [-0.2, -0.15) is 0 Å². The Bertz CT molecular complexity index is 559. The maximum absolute atomic E-state index is 8.25. The molecule has 92 valence electrons. The second-order valence-electron chi connectivity index (χ2n) is 4.74. The molecule has 4 heteroatoms. The Morgan fingerprint density at radius 2 is 2.22 bits per heavy atom. The van der Waals surface area contributed by atoms with Crippen molar-refractivity contribution in [3.8, 4) is 0 Å². The molecule has 4 nitrogen and oxygen atoms in total. The van der Waals surface area contributed by atoms with Gasteiger partial charge in [0, 0.05) is 37.1 Å². The summed E-state index contributed by atoms with van der Waals surface area (Å²) >= 11 is 0. The Kier molecular flexibility index (Phi) is 2.63. The Morgan fingerprint density at radius 3 is 2.94 bits per heavy atom. The minimum Gasteiger partial charge on any atom is -0.348 e. The first-order chi connectivity index (χ1) is 8.75. The third-order valence-electron chi connectivity index (χ3n) is 3.47. The van der Waals surface area contributed by atoms with Gasteiger partial charge in [0.2, 0.25) is 0 Å². The summed E-state index contributed by atoms with van der Waals surface area (Å²) in [6.45, 7) is 3.85. The molecule has 0 radical (unpaired) electrons. The van der Waals surface area contributed by atoms with Gasteiger partial charge in [0.15, 0.2) is 0 Å². The van der Waals surface area contributed by atoms with Crippen LogP contribution in [0.1, 0.15) is 18.1 Å². The van der Waals surface area contributed by atoms with E-state index in [9.17, 15) is 0 Å². The second-order valence-corrected chi connectivity index (χ2v) is 4.74. The number of amidine groups is 1. The Hall–Kier alpha value is -2.10. The first-order valence-electron chi connectivity index (χ1n) is 6.15. The SMILES string of the molecule is CC(Cn1ccnc1)N1Cc2ccccc2C1=N. The summed E-state index contributed by atoms with van der Waals surface area (Å²) < 4.78 is 2.06. The van der Waals surface area contributed by atoms with E-state index in [1.54, 1.807) is 6.20 Å². The number of aromatic nitrogens is 2. The number of hydrogen-bond donors (Lipinski definition) is 1. The van der Waals surface area contributed by atoms with Gasteiger partial charge in [-0.25, -0.2) is 4.98 Å². The molecule has 0 saturated heterocycles. The van der Waals surface area contributed by atoms with Crippen LogP contribution in [0, 0.1) is 5.41 Å². The minimum atomic E-state index is 0.291. The van der Waals surface area contributed by atoms with Gasteiger partial charge in [-0.3, -0.25) is 5.41 Å². The van der Waals surface area contributed by atoms with Crippen molar-refractivity contribution in [2.45, 2.75) is 26.1 Å². The van der Waals surface area contributed by atoms with Crippen LogP contribution in [0.3, 0.4) is 0 Å². The highest BCUT2D eigenvalue weighted by molar-refractivity contribution is 6.00. The summed E-state index contributed by atoms with van der Waals surface area (Å²) in [7, 11) is 0. The molecule has 1 atom stereocenters. The fraction of sp³-hybridized carbons (Fsp3) is 0.286. The summed E-state index contributed by atoms with van der Waals surface area (Å²) in [5, 5.41) is 8.25. The highest BCUT2D eigenvalue weighted by atomic mass is 15.2. The molecule has 1 aromatic carbocycles. The normalized spacial score (nSPS) is 15.8. The van der Waals surface area contributed by atoms with Crippen LogP contribution >= 0.6 is 0 Å². The molecule has 0 fully saturated rings. The van der Waals surface area contributed by atoms with Crippen LogP contribution < -0.4 is 0 Å². The van der Waals surface area contributed by atoms with E-state index < -0.39 is 0 Å². The zero-order chi connectivity index (χ0) is 12.5. The van der Waals surface area contributed by atoms with Crippen molar-refractivity contribution in [3.05, 3.63) is 54.1 Å². The molecule has 2 aromatic rings. The smallest absolute Gasteiger partial charge is 0.129 e. The maximum Gasteiger partial charge on any atom is 0.129 e. The quantitative estimate of drug-likeness (QED) is 0.893. The fourth-order valence-electron chi connectivity index (χ4n) is 2.48. The average Bonchev–Trinajstić information content (AvgIpc) is 2.98. The molecule has 0 saturated carbocycles. The van der Waals surface area contributed by atoms with Crippen LogP contribution in [0.5, 0.6) is 0 Å². The van der Waals surface area contributed by atoms with Gasteiger partial charge in [0.1, 0.15) is 5.84 Å². The molecule has 0 spiro atoms. The number of nitrogens with zero attached hydrogens (tertiary/aromatic N) is 3. The van der Waals surface area contributed by atoms with Crippen LogP contribution in [-0.4, -0.2) is 26.3 Å². The van der Waals surface area contributed by atoms with Gasteiger partial charge in [-0.05, 0) is 12.5 Å². The van der Waals surface area contributed by atoms with Gasteiger partial charge < -0.3 is 9.47 Å². The summed E-state index contributed by atoms with van der Waals surface area (Å²) in [5.41, 5.74) is 2.31. The minimum absolute atomic E-state index is 0.291. The molecule has 0 amide bonds. The summed E-state index contributed by atoms with van der Waals surface area (Å²) in [4.78, 5) is 6.19. The Balaban J connectivity index is 1.78. The topological polar surface area (TPSA) is 44.9 Å². The van der Waals surface area contributed by atoms with Crippen LogP contribution in [0.2, 0.25) is 0 Å². The largest absolute Gasteiger partial charge is 0.348 e. The first-order valence-corrected chi connectivity index (χ1v) is 6.15. The summed E-state index contributed by atoms with van der Waals surface area (Å²) in [6, 6.07) is 8.46. The lowest BCUT2D eigenvalue weighted by Gasteiger charge is -2.26. The standard InChI is InChI=1S/C14H16N4/c1-11(8-17-7-6-16-10-17)18-9-12-4-2-3-5-13(12)14(18)15/h2-7,10-11,15H,8-9H2,1H3. The number of benzene rings is 1. The average molecular weight is 240 g/mol. The molecule has 1 aromatic heterocycles. The molecule has 0 aliphatic carbocycles.